The minimum absolute atomic E-state index is 0.0523. The van der Waals surface area contributed by atoms with Crippen LogP contribution in [0.3, 0.4) is 0 Å². The van der Waals surface area contributed by atoms with Crippen LogP contribution < -0.4 is 20.1 Å². The Kier molecular flexibility index (Phi) is 11.1. The second-order valence-corrected chi connectivity index (χ2v) is 9.12. The van der Waals surface area contributed by atoms with Gasteiger partial charge in [-0.05, 0) is 63.4 Å². The Morgan fingerprint density at radius 1 is 0.909 bits per heavy atom. The molecule has 1 unspecified atom stereocenters. The molecule has 180 valence electrons. The van der Waals surface area contributed by atoms with Crippen molar-refractivity contribution in [1.29, 1.82) is 0 Å². The molecule has 0 heterocycles. The highest BCUT2D eigenvalue weighted by Gasteiger charge is 2.17. The number of hydrogen-bond acceptors (Lipinski definition) is 5. The Bertz CT molecular complexity index is 917. The number of carbonyl (C=O) groups is 2. The molecule has 0 spiro atoms. The molecule has 0 bridgehead atoms. The van der Waals surface area contributed by atoms with E-state index in [1.165, 1.54) is 11.8 Å². The number of amides is 2. The van der Waals surface area contributed by atoms with Crippen molar-refractivity contribution in [2.24, 2.45) is 0 Å². The largest absolute Gasteiger partial charge is 0.490 e. The maximum atomic E-state index is 13.1. The van der Waals surface area contributed by atoms with Gasteiger partial charge in [-0.1, -0.05) is 32.0 Å². The molecule has 0 aliphatic rings. The lowest BCUT2D eigenvalue weighted by Gasteiger charge is -2.19. The highest BCUT2D eigenvalue weighted by Crippen LogP contribution is 2.31. The summed E-state index contributed by atoms with van der Waals surface area (Å²) in [5.74, 6) is 1.43. The fourth-order valence-corrected chi connectivity index (χ4v) is 3.96. The fourth-order valence-electron chi connectivity index (χ4n) is 3.09. The van der Waals surface area contributed by atoms with Gasteiger partial charge in [-0.15, -0.1) is 11.8 Å². The zero-order chi connectivity index (χ0) is 24.2. The predicted molar refractivity (Wildman–Crippen MR) is 134 cm³/mol. The molecule has 2 N–H and O–H groups in total. The van der Waals surface area contributed by atoms with Crippen molar-refractivity contribution in [3.63, 3.8) is 0 Å². The van der Waals surface area contributed by atoms with Gasteiger partial charge >= 0.3 is 0 Å². The maximum Gasteiger partial charge on any atom is 0.252 e. The second kappa shape index (κ2) is 13.8. The Balaban J connectivity index is 2.11. The van der Waals surface area contributed by atoms with Crippen LogP contribution in [0, 0.1) is 0 Å². The van der Waals surface area contributed by atoms with E-state index in [9.17, 15) is 9.59 Å². The summed E-state index contributed by atoms with van der Waals surface area (Å²) in [6.45, 7) is 11.1. The van der Waals surface area contributed by atoms with Gasteiger partial charge in [-0.25, -0.2) is 0 Å². The van der Waals surface area contributed by atoms with Crippen LogP contribution in [0.25, 0.3) is 0 Å². The van der Waals surface area contributed by atoms with Crippen LogP contribution in [0.5, 0.6) is 11.5 Å². The third-order valence-electron chi connectivity index (χ3n) is 4.68. The van der Waals surface area contributed by atoms with Gasteiger partial charge in [0.05, 0.1) is 30.6 Å². The van der Waals surface area contributed by atoms with Crippen LogP contribution in [-0.2, 0) is 4.79 Å². The third-order valence-corrected chi connectivity index (χ3v) is 5.75. The van der Waals surface area contributed by atoms with Crippen LogP contribution in [0.4, 0.5) is 0 Å². The van der Waals surface area contributed by atoms with Crippen LogP contribution >= 0.6 is 11.8 Å². The van der Waals surface area contributed by atoms with Gasteiger partial charge in [0.2, 0.25) is 5.91 Å². The molecule has 6 nitrogen and oxygen atoms in total. The molecule has 0 saturated carbocycles. The van der Waals surface area contributed by atoms with Crippen LogP contribution in [0.15, 0.2) is 47.4 Å². The van der Waals surface area contributed by atoms with E-state index >= 15 is 0 Å². The number of benzene rings is 2. The molecule has 0 aliphatic heterocycles. The lowest BCUT2D eigenvalue weighted by atomic mass is 10.1. The molecule has 7 heteroatoms. The molecule has 1 atom stereocenters. The van der Waals surface area contributed by atoms with Crippen LogP contribution in [0.1, 0.15) is 69.4 Å². The number of rotatable bonds is 13. The minimum atomic E-state index is -0.232. The second-order valence-electron chi connectivity index (χ2n) is 8.11. The molecule has 0 aromatic heterocycles. The first-order chi connectivity index (χ1) is 15.8. The normalized spacial score (nSPS) is 11.7. The van der Waals surface area contributed by atoms with E-state index < -0.39 is 0 Å². The van der Waals surface area contributed by atoms with Gasteiger partial charge in [-0.3, -0.25) is 9.59 Å². The first kappa shape index (κ1) is 26.6. The van der Waals surface area contributed by atoms with Crippen molar-refractivity contribution in [3.8, 4) is 11.5 Å². The average molecular weight is 473 g/mol. The number of thioether (sulfide) groups is 1. The van der Waals surface area contributed by atoms with E-state index in [1.807, 2.05) is 57.2 Å². The molecule has 2 amide bonds. The smallest absolute Gasteiger partial charge is 0.252 e. The molecule has 2 rings (SSSR count). The fraction of sp³-hybridized carbons (Fsp3) is 0.462. The Morgan fingerprint density at radius 3 is 2.24 bits per heavy atom. The van der Waals surface area contributed by atoms with Crippen molar-refractivity contribution in [2.45, 2.75) is 64.4 Å². The first-order valence-corrected chi connectivity index (χ1v) is 12.6. The molecular weight excluding hydrogens is 436 g/mol. The van der Waals surface area contributed by atoms with Gasteiger partial charge in [0.15, 0.2) is 11.5 Å². The summed E-state index contributed by atoms with van der Waals surface area (Å²) in [6.07, 6.45) is 1.81. The van der Waals surface area contributed by atoms with Crippen LogP contribution in [-0.4, -0.2) is 36.8 Å². The SMILES string of the molecule is CCCOc1ccc(C(C)NC(=O)c2ccccc2SCC(=O)NC(C)C)cc1OCCC. The molecule has 0 saturated heterocycles. The third kappa shape index (κ3) is 8.65. The van der Waals surface area contributed by atoms with Gasteiger partial charge in [0.25, 0.3) is 5.91 Å². The highest BCUT2D eigenvalue weighted by atomic mass is 32.2. The summed E-state index contributed by atoms with van der Waals surface area (Å²) >= 11 is 1.36. The summed E-state index contributed by atoms with van der Waals surface area (Å²) in [5.41, 5.74) is 1.48. The summed E-state index contributed by atoms with van der Waals surface area (Å²) < 4.78 is 11.7. The van der Waals surface area contributed by atoms with Crippen molar-refractivity contribution >= 4 is 23.6 Å². The topological polar surface area (TPSA) is 76.7 Å². The Hall–Kier alpha value is -2.67. The van der Waals surface area contributed by atoms with Crippen molar-refractivity contribution in [1.82, 2.24) is 10.6 Å². The van der Waals surface area contributed by atoms with E-state index in [0.717, 1.165) is 23.3 Å². The zero-order valence-electron chi connectivity index (χ0n) is 20.3. The summed E-state index contributed by atoms with van der Waals surface area (Å²) in [5, 5.41) is 5.94. The van der Waals surface area contributed by atoms with Crippen LogP contribution in [0.2, 0.25) is 0 Å². The highest BCUT2D eigenvalue weighted by molar-refractivity contribution is 8.00. The predicted octanol–water partition coefficient (Wildman–Crippen LogP) is 5.37. The maximum absolute atomic E-state index is 13.1. The molecule has 0 fully saturated rings. The van der Waals surface area contributed by atoms with E-state index in [4.69, 9.17) is 9.47 Å². The van der Waals surface area contributed by atoms with Crippen molar-refractivity contribution < 1.29 is 19.1 Å². The van der Waals surface area contributed by atoms with Gasteiger partial charge in [-0.2, -0.15) is 0 Å². The lowest BCUT2D eigenvalue weighted by Crippen LogP contribution is -2.31. The molecule has 33 heavy (non-hydrogen) atoms. The number of hydrogen-bond donors (Lipinski definition) is 2. The van der Waals surface area contributed by atoms with Gasteiger partial charge in [0, 0.05) is 10.9 Å². The molecule has 2 aromatic carbocycles. The molecule has 0 aliphatic carbocycles. The summed E-state index contributed by atoms with van der Waals surface area (Å²) in [6, 6.07) is 13.0. The summed E-state index contributed by atoms with van der Waals surface area (Å²) in [7, 11) is 0. The van der Waals surface area contributed by atoms with Crippen molar-refractivity contribution in [2.75, 3.05) is 19.0 Å². The van der Waals surface area contributed by atoms with Gasteiger partial charge < -0.3 is 20.1 Å². The first-order valence-electron chi connectivity index (χ1n) is 11.6. The van der Waals surface area contributed by atoms with Crippen molar-refractivity contribution in [3.05, 3.63) is 53.6 Å². The zero-order valence-corrected chi connectivity index (χ0v) is 21.1. The summed E-state index contributed by atoms with van der Waals surface area (Å²) in [4.78, 5) is 25.8. The van der Waals surface area contributed by atoms with E-state index in [2.05, 4.69) is 24.5 Å². The Morgan fingerprint density at radius 2 is 1.58 bits per heavy atom. The van der Waals surface area contributed by atoms with E-state index in [-0.39, 0.29) is 29.7 Å². The van der Waals surface area contributed by atoms with E-state index in [0.29, 0.717) is 30.3 Å². The minimum Gasteiger partial charge on any atom is -0.490 e. The molecule has 0 radical (unpaired) electrons. The average Bonchev–Trinajstić information content (AvgIpc) is 2.79. The van der Waals surface area contributed by atoms with Gasteiger partial charge in [0.1, 0.15) is 0 Å². The monoisotopic (exact) mass is 472 g/mol. The number of carbonyl (C=O) groups excluding carboxylic acids is 2. The molecule has 2 aromatic rings. The standard InChI is InChI=1S/C26H36N2O4S/c1-6-14-31-22-13-12-20(16-23(22)32-15-7-2)19(5)28-26(30)21-10-8-9-11-24(21)33-17-25(29)27-18(3)4/h8-13,16,18-19H,6-7,14-15,17H2,1-5H3,(H,27,29)(H,28,30). The Labute approximate surface area is 201 Å². The quantitative estimate of drug-likeness (QED) is 0.383. The number of ether oxygens (including phenoxy) is 2. The number of nitrogens with one attached hydrogen (secondary N) is 2. The molecular formula is C26H36N2O4S. The van der Waals surface area contributed by atoms with E-state index in [1.54, 1.807) is 6.07 Å². The lowest BCUT2D eigenvalue weighted by molar-refractivity contribution is -0.119.